The van der Waals surface area contributed by atoms with Crippen molar-refractivity contribution in [1.82, 2.24) is 9.80 Å². The predicted octanol–water partition coefficient (Wildman–Crippen LogP) is 1.52. The van der Waals surface area contributed by atoms with Crippen LogP contribution in [0.25, 0.3) is 0 Å². The average molecular weight is 224 g/mol. The molecule has 1 heterocycles. The molecule has 0 aromatic carbocycles. The van der Waals surface area contributed by atoms with Crippen LogP contribution in [0.5, 0.6) is 0 Å². The van der Waals surface area contributed by atoms with Crippen LogP contribution in [0, 0.1) is 0 Å². The molecule has 1 saturated heterocycles. The Morgan fingerprint density at radius 2 is 1.94 bits per heavy atom. The molecule has 0 aromatic rings. The molecule has 1 atom stereocenters. The molecule has 3 heteroatoms. The van der Waals surface area contributed by atoms with Gasteiger partial charge in [-0.1, -0.05) is 0 Å². The standard InChI is InChI=1S/C13H24N2O/c1-14(2)10-12-4-3-9-15(12)11-5-7-13(16)8-6-11/h11-12H,3-10H2,1-2H3. The van der Waals surface area contributed by atoms with Crippen molar-refractivity contribution in [2.75, 3.05) is 27.2 Å². The number of hydrogen-bond acceptors (Lipinski definition) is 3. The number of nitrogens with zero attached hydrogens (tertiary/aromatic N) is 2. The summed E-state index contributed by atoms with van der Waals surface area (Å²) < 4.78 is 0. The molecular formula is C13H24N2O. The van der Waals surface area contributed by atoms with Gasteiger partial charge in [-0.15, -0.1) is 0 Å². The van der Waals surface area contributed by atoms with Gasteiger partial charge in [0.1, 0.15) is 5.78 Å². The first-order valence-electron chi connectivity index (χ1n) is 6.59. The lowest BCUT2D eigenvalue weighted by Gasteiger charge is -2.36. The Bertz CT molecular complexity index is 242. The average Bonchev–Trinajstić information content (AvgIpc) is 2.66. The number of ketones is 1. The second-order valence-corrected chi connectivity index (χ2v) is 5.57. The zero-order valence-corrected chi connectivity index (χ0v) is 10.6. The van der Waals surface area contributed by atoms with E-state index < -0.39 is 0 Å². The van der Waals surface area contributed by atoms with E-state index >= 15 is 0 Å². The summed E-state index contributed by atoms with van der Waals surface area (Å²) in [6, 6.07) is 1.42. The maximum atomic E-state index is 11.3. The lowest BCUT2D eigenvalue weighted by Crippen LogP contribution is -2.45. The van der Waals surface area contributed by atoms with Gasteiger partial charge in [-0.25, -0.2) is 0 Å². The van der Waals surface area contributed by atoms with Crippen LogP contribution in [-0.4, -0.2) is 54.9 Å². The molecule has 0 aromatic heterocycles. The van der Waals surface area contributed by atoms with E-state index in [1.54, 1.807) is 0 Å². The quantitative estimate of drug-likeness (QED) is 0.726. The maximum Gasteiger partial charge on any atom is 0.133 e. The number of carbonyl (C=O) groups excluding carboxylic acids is 1. The summed E-state index contributed by atoms with van der Waals surface area (Å²) in [4.78, 5) is 16.2. The van der Waals surface area contributed by atoms with Crippen LogP contribution in [0.15, 0.2) is 0 Å². The van der Waals surface area contributed by atoms with Gasteiger partial charge in [0, 0.05) is 31.5 Å². The van der Waals surface area contributed by atoms with E-state index in [9.17, 15) is 4.79 Å². The SMILES string of the molecule is CN(C)CC1CCCN1C1CCC(=O)CC1. The number of Topliss-reactive ketones (excluding diaryl/α,β-unsaturated/α-hetero) is 1. The van der Waals surface area contributed by atoms with Gasteiger partial charge in [0.2, 0.25) is 0 Å². The van der Waals surface area contributed by atoms with Crippen molar-refractivity contribution < 1.29 is 4.79 Å². The number of hydrogen-bond donors (Lipinski definition) is 0. The molecule has 2 aliphatic rings. The van der Waals surface area contributed by atoms with Crippen LogP contribution in [0.4, 0.5) is 0 Å². The van der Waals surface area contributed by atoms with Gasteiger partial charge < -0.3 is 4.90 Å². The highest BCUT2D eigenvalue weighted by atomic mass is 16.1. The highest BCUT2D eigenvalue weighted by Gasteiger charge is 2.32. The van der Waals surface area contributed by atoms with Crippen molar-refractivity contribution in [3.63, 3.8) is 0 Å². The van der Waals surface area contributed by atoms with E-state index in [0.29, 0.717) is 11.8 Å². The summed E-state index contributed by atoms with van der Waals surface area (Å²) >= 11 is 0. The summed E-state index contributed by atoms with van der Waals surface area (Å²) in [6.07, 6.45) is 6.50. The lowest BCUT2D eigenvalue weighted by atomic mass is 9.92. The predicted molar refractivity (Wildman–Crippen MR) is 65.5 cm³/mol. The third-order valence-corrected chi connectivity index (χ3v) is 3.98. The molecule has 1 aliphatic carbocycles. The van der Waals surface area contributed by atoms with E-state index in [2.05, 4.69) is 23.9 Å². The number of rotatable bonds is 3. The second kappa shape index (κ2) is 5.28. The van der Waals surface area contributed by atoms with Crippen molar-refractivity contribution in [3.8, 4) is 0 Å². The van der Waals surface area contributed by atoms with Gasteiger partial charge in [-0.05, 0) is 46.3 Å². The fourth-order valence-electron chi connectivity index (χ4n) is 3.21. The Hall–Kier alpha value is -0.410. The first-order chi connectivity index (χ1) is 7.66. The summed E-state index contributed by atoms with van der Waals surface area (Å²) in [5.74, 6) is 0.472. The molecule has 1 saturated carbocycles. The van der Waals surface area contributed by atoms with Crippen LogP contribution < -0.4 is 0 Å². The molecule has 0 amide bonds. The Labute approximate surface area is 98.8 Å². The lowest BCUT2D eigenvalue weighted by molar-refractivity contribution is -0.121. The highest BCUT2D eigenvalue weighted by Crippen LogP contribution is 2.28. The van der Waals surface area contributed by atoms with Crippen molar-refractivity contribution in [2.24, 2.45) is 0 Å². The first kappa shape index (κ1) is 12.1. The number of likely N-dealkylation sites (tertiary alicyclic amines) is 1. The third kappa shape index (κ3) is 2.83. The van der Waals surface area contributed by atoms with E-state index in [-0.39, 0.29) is 0 Å². The molecule has 3 nitrogen and oxygen atoms in total. The minimum Gasteiger partial charge on any atom is -0.308 e. The normalized spacial score (nSPS) is 29.2. The second-order valence-electron chi connectivity index (χ2n) is 5.57. The molecule has 2 rings (SSSR count). The van der Waals surface area contributed by atoms with Gasteiger partial charge >= 0.3 is 0 Å². The van der Waals surface area contributed by atoms with Gasteiger partial charge in [0.25, 0.3) is 0 Å². The zero-order chi connectivity index (χ0) is 11.5. The summed E-state index contributed by atoms with van der Waals surface area (Å²) in [5.41, 5.74) is 0. The topological polar surface area (TPSA) is 23.6 Å². The van der Waals surface area contributed by atoms with Crippen LogP contribution >= 0.6 is 0 Å². The molecule has 0 spiro atoms. The summed E-state index contributed by atoms with van der Waals surface area (Å²) in [7, 11) is 4.31. The Morgan fingerprint density at radius 3 is 2.56 bits per heavy atom. The molecule has 2 fully saturated rings. The van der Waals surface area contributed by atoms with Crippen LogP contribution in [0.3, 0.4) is 0 Å². The van der Waals surface area contributed by atoms with E-state index in [1.807, 2.05) is 0 Å². The van der Waals surface area contributed by atoms with E-state index in [4.69, 9.17) is 0 Å². The minimum absolute atomic E-state index is 0.472. The van der Waals surface area contributed by atoms with Crippen molar-refractivity contribution in [1.29, 1.82) is 0 Å². The van der Waals surface area contributed by atoms with E-state index in [1.165, 1.54) is 25.9 Å². The van der Waals surface area contributed by atoms with Gasteiger partial charge in [0.15, 0.2) is 0 Å². The first-order valence-corrected chi connectivity index (χ1v) is 6.59. The van der Waals surface area contributed by atoms with Crippen LogP contribution in [0.2, 0.25) is 0 Å². The molecule has 0 radical (unpaired) electrons. The Balaban J connectivity index is 1.89. The summed E-state index contributed by atoms with van der Waals surface area (Å²) in [5, 5.41) is 0. The highest BCUT2D eigenvalue weighted by molar-refractivity contribution is 5.79. The fraction of sp³-hybridized carbons (Fsp3) is 0.923. The Kier molecular flexibility index (Phi) is 3.98. The number of carbonyl (C=O) groups is 1. The third-order valence-electron chi connectivity index (χ3n) is 3.98. The molecule has 0 bridgehead atoms. The molecule has 1 aliphatic heterocycles. The number of likely N-dealkylation sites (N-methyl/N-ethyl adjacent to an activating group) is 1. The summed E-state index contributed by atoms with van der Waals surface area (Å²) in [6.45, 7) is 2.42. The van der Waals surface area contributed by atoms with Crippen molar-refractivity contribution in [2.45, 2.75) is 50.6 Å². The Morgan fingerprint density at radius 1 is 1.25 bits per heavy atom. The van der Waals surface area contributed by atoms with Crippen LogP contribution in [-0.2, 0) is 4.79 Å². The maximum absolute atomic E-state index is 11.3. The molecule has 1 unspecified atom stereocenters. The fourth-order valence-corrected chi connectivity index (χ4v) is 3.21. The molecule has 0 N–H and O–H groups in total. The van der Waals surface area contributed by atoms with Gasteiger partial charge in [0.05, 0.1) is 0 Å². The monoisotopic (exact) mass is 224 g/mol. The van der Waals surface area contributed by atoms with E-state index in [0.717, 1.165) is 31.7 Å². The molecular weight excluding hydrogens is 200 g/mol. The van der Waals surface area contributed by atoms with Crippen molar-refractivity contribution in [3.05, 3.63) is 0 Å². The van der Waals surface area contributed by atoms with Crippen LogP contribution in [0.1, 0.15) is 38.5 Å². The van der Waals surface area contributed by atoms with Gasteiger partial charge in [-0.2, -0.15) is 0 Å². The smallest absolute Gasteiger partial charge is 0.133 e. The molecule has 16 heavy (non-hydrogen) atoms. The van der Waals surface area contributed by atoms with Crippen molar-refractivity contribution >= 4 is 5.78 Å². The largest absolute Gasteiger partial charge is 0.308 e. The molecule has 92 valence electrons. The minimum atomic E-state index is 0.472. The zero-order valence-electron chi connectivity index (χ0n) is 10.6. The van der Waals surface area contributed by atoms with Gasteiger partial charge in [-0.3, -0.25) is 9.69 Å².